The molecular weight excluding hydrogens is 254 g/mol. The van der Waals surface area contributed by atoms with Gasteiger partial charge in [0.05, 0.1) is 5.92 Å². The highest BCUT2D eigenvalue weighted by Crippen LogP contribution is 2.18. The maximum Gasteiger partial charge on any atom is 0.306 e. The first-order valence-corrected chi connectivity index (χ1v) is 7.12. The number of aryl methyl sites for hydroxylation is 2. The molecule has 1 amide bonds. The zero-order valence-electron chi connectivity index (χ0n) is 11.8. The van der Waals surface area contributed by atoms with Crippen molar-refractivity contribution in [1.82, 2.24) is 4.90 Å². The molecule has 1 aromatic carbocycles. The van der Waals surface area contributed by atoms with Crippen molar-refractivity contribution in [3.8, 4) is 0 Å². The van der Waals surface area contributed by atoms with Gasteiger partial charge in [0.1, 0.15) is 0 Å². The molecule has 1 aromatic rings. The lowest BCUT2D eigenvalue weighted by atomic mass is 9.96. The molecule has 20 heavy (non-hydrogen) atoms. The van der Waals surface area contributed by atoms with E-state index in [2.05, 4.69) is 24.3 Å². The van der Waals surface area contributed by atoms with Crippen LogP contribution < -0.4 is 0 Å². The van der Waals surface area contributed by atoms with Gasteiger partial charge in [-0.25, -0.2) is 0 Å². The van der Waals surface area contributed by atoms with E-state index in [9.17, 15) is 9.59 Å². The molecule has 2 rings (SSSR count). The Balaban J connectivity index is 1.78. The van der Waals surface area contributed by atoms with E-state index in [1.165, 1.54) is 11.1 Å². The lowest BCUT2D eigenvalue weighted by molar-refractivity contribution is -0.145. The van der Waals surface area contributed by atoms with Crippen LogP contribution in [0.4, 0.5) is 0 Å². The Morgan fingerprint density at radius 2 is 1.80 bits per heavy atom. The van der Waals surface area contributed by atoms with Crippen molar-refractivity contribution in [3.63, 3.8) is 0 Å². The average molecular weight is 275 g/mol. The van der Waals surface area contributed by atoms with Gasteiger partial charge in [0, 0.05) is 19.5 Å². The molecule has 1 aliphatic rings. The number of likely N-dealkylation sites (tertiary alicyclic amines) is 1. The van der Waals surface area contributed by atoms with Crippen LogP contribution in [0.5, 0.6) is 0 Å². The van der Waals surface area contributed by atoms with Crippen LogP contribution in [0.25, 0.3) is 0 Å². The molecule has 0 atom stereocenters. The van der Waals surface area contributed by atoms with Crippen molar-refractivity contribution in [2.24, 2.45) is 5.92 Å². The molecule has 0 saturated carbocycles. The molecular formula is C16H21NO3. The summed E-state index contributed by atoms with van der Waals surface area (Å²) < 4.78 is 0. The van der Waals surface area contributed by atoms with Crippen molar-refractivity contribution in [2.75, 3.05) is 13.1 Å². The summed E-state index contributed by atoms with van der Waals surface area (Å²) in [7, 11) is 0. The summed E-state index contributed by atoms with van der Waals surface area (Å²) in [6, 6.07) is 8.22. The molecule has 4 nitrogen and oxygen atoms in total. The smallest absolute Gasteiger partial charge is 0.306 e. The first kappa shape index (κ1) is 14.6. The summed E-state index contributed by atoms with van der Waals surface area (Å²) >= 11 is 0. The van der Waals surface area contributed by atoms with Crippen molar-refractivity contribution >= 4 is 11.9 Å². The van der Waals surface area contributed by atoms with Gasteiger partial charge >= 0.3 is 5.97 Å². The van der Waals surface area contributed by atoms with E-state index >= 15 is 0 Å². The Kier molecular flexibility index (Phi) is 4.77. The highest BCUT2D eigenvalue weighted by molar-refractivity contribution is 5.77. The molecule has 4 heteroatoms. The predicted molar refractivity (Wildman–Crippen MR) is 76.4 cm³/mol. The predicted octanol–water partition coefficient (Wildman–Crippen LogP) is 2.25. The number of benzene rings is 1. The lowest BCUT2D eigenvalue weighted by Gasteiger charge is -2.30. The number of carboxylic acid groups (broad SMARTS) is 1. The zero-order chi connectivity index (χ0) is 14.5. The van der Waals surface area contributed by atoms with Gasteiger partial charge in [-0.2, -0.15) is 0 Å². The summed E-state index contributed by atoms with van der Waals surface area (Å²) in [6.45, 7) is 3.19. The first-order chi connectivity index (χ1) is 9.56. The van der Waals surface area contributed by atoms with Crippen molar-refractivity contribution < 1.29 is 14.7 Å². The Hall–Kier alpha value is -1.84. The zero-order valence-corrected chi connectivity index (χ0v) is 11.8. The van der Waals surface area contributed by atoms with E-state index < -0.39 is 5.97 Å². The fourth-order valence-electron chi connectivity index (χ4n) is 2.54. The molecule has 1 N–H and O–H groups in total. The Morgan fingerprint density at radius 3 is 2.35 bits per heavy atom. The number of hydrogen-bond donors (Lipinski definition) is 1. The van der Waals surface area contributed by atoms with Gasteiger partial charge in [-0.15, -0.1) is 0 Å². The average Bonchev–Trinajstić information content (AvgIpc) is 2.46. The van der Waals surface area contributed by atoms with Crippen LogP contribution in [-0.2, 0) is 16.0 Å². The van der Waals surface area contributed by atoms with E-state index in [1.54, 1.807) is 4.90 Å². The van der Waals surface area contributed by atoms with E-state index in [0.29, 0.717) is 32.4 Å². The van der Waals surface area contributed by atoms with Crippen LogP contribution in [0.2, 0.25) is 0 Å². The molecule has 1 aliphatic heterocycles. The van der Waals surface area contributed by atoms with Gasteiger partial charge in [-0.1, -0.05) is 29.8 Å². The molecule has 0 unspecified atom stereocenters. The second kappa shape index (κ2) is 6.55. The summed E-state index contributed by atoms with van der Waals surface area (Å²) in [5.74, 6) is -0.887. The van der Waals surface area contributed by atoms with Gasteiger partial charge in [-0.05, 0) is 31.7 Å². The number of rotatable bonds is 4. The second-order valence-corrected chi connectivity index (χ2v) is 5.48. The molecule has 1 fully saturated rings. The second-order valence-electron chi connectivity index (χ2n) is 5.48. The minimum Gasteiger partial charge on any atom is -0.481 e. The Bertz CT molecular complexity index is 473. The third kappa shape index (κ3) is 3.83. The Morgan fingerprint density at radius 1 is 1.20 bits per heavy atom. The summed E-state index contributed by atoms with van der Waals surface area (Å²) in [4.78, 5) is 24.8. The quantitative estimate of drug-likeness (QED) is 0.917. The molecule has 0 aromatic heterocycles. The van der Waals surface area contributed by atoms with Gasteiger partial charge in [-0.3, -0.25) is 9.59 Å². The van der Waals surface area contributed by atoms with Crippen molar-refractivity contribution in [3.05, 3.63) is 35.4 Å². The summed E-state index contributed by atoms with van der Waals surface area (Å²) in [6.07, 6.45) is 2.40. The van der Waals surface area contributed by atoms with E-state index in [-0.39, 0.29) is 11.8 Å². The normalized spacial score (nSPS) is 16.1. The van der Waals surface area contributed by atoms with Gasteiger partial charge in [0.25, 0.3) is 0 Å². The minimum absolute atomic E-state index is 0.134. The summed E-state index contributed by atoms with van der Waals surface area (Å²) in [5.41, 5.74) is 2.39. The van der Waals surface area contributed by atoms with Crippen LogP contribution in [0.1, 0.15) is 30.4 Å². The number of carbonyl (C=O) groups excluding carboxylic acids is 1. The van der Waals surface area contributed by atoms with Crippen LogP contribution in [0, 0.1) is 12.8 Å². The number of piperidine rings is 1. The Labute approximate surface area is 119 Å². The number of hydrogen-bond acceptors (Lipinski definition) is 2. The third-order valence-corrected chi connectivity index (χ3v) is 3.95. The molecule has 0 aliphatic carbocycles. The number of carboxylic acids is 1. The van der Waals surface area contributed by atoms with Crippen molar-refractivity contribution in [1.29, 1.82) is 0 Å². The van der Waals surface area contributed by atoms with Gasteiger partial charge in [0.15, 0.2) is 0 Å². The molecule has 1 saturated heterocycles. The number of carbonyl (C=O) groups is 2. The van der Waals surface area contributed by atoms with Crippen molar-refractivity contribution in [2.45, 2.75) is 32.6 Å². The van der Waals surface area contributed by atoms with E-state index in [1.807, 2.05) is 6.92 Å². The summed E-state index contributed by atoms with van der Waals surface area (Å²) in [5, 5.41) is 8.93. The monoisotopic (exact) mass is 275 g/mol. The largest absolute Gasteiger partial charge is 0.481 e. The van der Waals surface area contributed by atoms with Gasteiger partial charge < -0.3 is 10.0 Å². The molecule has 1 heterocycles. The maximum atomic E-state index is 12.1. The minimum atomic E-state index is -0.739. The topological polar surface area (TPSA) is 57.6 Å². The lowest BCUT2D eigenvalue weighted by Crippen LogP contribution is -2.40. The van der Waals surface area contributed by atoms with Crippen LogP contribution in [-0.4, -0.2) is 35.0 Å². The molecule has 0 bridgehead atoms. The standard InChI is InChI=1S/C16H21NO3/c1-12-2-4-13(5-3-12)6-7-15(18)17-10-8-14(9-11-17)16(19)20/h2-5,14H,6-11H2,1H3,(H,19,20). The third-order valence-electron chi connectivity index (χ3n) is 3.95. The molecule has 108 valence electrons. The van der Waals surface area contributed by atoms with Crippen LogP contribution >= 0.6 is 0 Å². The van der Waals surface area contributed by atoms with E-state index in [0.717, 1.165) is 6.42 Å². The van der Waals surface area contributed by atoms with Crippen LogP contribution in [0.3, 0.4) is 0 Å². The highest BCUT2D eigenvalue weighted by atomic mass is 16.4. The molecule has 0 spiro atoms. The van der Waals surface area contributed by atoms with Gasteiger partial charge in [0.2, 0.25) is 5.91 Å². The number of amides is 1. The maximum absolute atomic E-state index is 12.1. The van der Waals surface area contributed by atoms with Crippen LogP contribution in [0.15, 0.2) is 24.3 Å². The number of aliphatic carboxylic acids is 1. The SMILES string of the molecule is Cc1ccc(CCC(=O)N2CCC(C(=O)O)CC2)cc1. The first-order valence-electron chi connectivity index (χ1n) is 7.12. The number of nitrogens with zero attached hydrogens (tertiary/aromatic N) is 1. The highest BCUT2D eigenvalue weighted by Gasteiger charge is 2.26. The molecule has 0 radical (unpaired) electrons. The fraction of sp³-hybridized carbons (Fsp3) is 0.500. The van der Waals surface area contributed by atoms with E-state index in [4.69, 9.17) is 5.11 Å². The fourth-order valence-corrected chi connectivity index (χ4v) is 2.54.